The van der Waals surface area contributed by atoms with E-state index < -0.39 is 5.97 Å². The van der Waals surface area contributed by atoms with Gasteiger partial charge in [-0.05, 0) is 49.2 Å². The zero-order valence-corrected chi connectivity index (χ0v) is 15.8. The normalized spacial score (nSPS) is 10.7. The van der Waals surface area contributed by atoms with Crippen molar-refractivity contribution in [1.29, 1.82) is 0 Å². The maximum atomic E-state index is 12.0. The van der Waals surface area contributed by atoms with Crippen LogP contribution in [0.15, 0.2) is 48.5 Å². The number of rotatable bonds is 9. The van der Waals surface area contributed by atoms with Gasteiger partial charge in [-0.15, -0.1) is 0 Å². The first-order chi connectivity index (χ1) is 12.6. The van der Waals surface area contributed by atoms with Gasteiger partial charge < -0.3 is 14.2 Å². The minimum Gasteiger partial charge on any atom is -0.490 e. The first-order valence-corrected chi connectivity index (χ1v) is 9.06. The first kappa shape index (κ1) is 19.9. The molecule has 26 heavy (non-hydrogen) atoms. The Morgan fingerprint density at radius 3 is 2.58 bits per heavy atom. The number of hydrogen-bond donors (Lipinski definition) is 0. The summed E-state index contributed by atoms with van der Waals surface area (Å²) in [5.74, 6) is 1.19. The zero-order chi connectivity index (χ0) is 18.8. The molecule has 0 aromatic heterocycles. The van der Waals surface area contributed by atoms with Crippen LogP contribution in [0.5, 0.6) is 17.2 Å². The predicted molar refractivity (Wildman–Crippen MR) is 104 cm³/mol. The number of carbonyl (C=O) groups excluding carboxylic acids is 1. The average molecular weight is 375 g/mol. The summed E-state index contributed by atoms with van der Waals surface area (Å²) in [6, 6.07) is 12.4. The second-order valence-electron chi connectivity index (χ2n) is 5.53. The monoisotopic (exact) mass is 374 g/mol. The molecule has 0 radical (unpaired) electrons. The van der Waals surface area contributed by atoms with Crippen LogP contribution in [0.4, 0.5) is 0 Å². The van der Waals surface area contributed by atoms with E-state index in [1.807, 2.05) is 25.1 Å². The van der Waals surface area contributed by atoms with Gasteiger partial charge in [-0.1, -0.05) is 43.1 Å². The molecule has 0 N–H and O–H groups in total. The van der Waals surface area contributed by atoms with Crippen molar-refractivity contribution in [2.45, 2.75) is 26.7 Å². The third kappa shape index (κ3) is 6.12. The number of ether oxygens (including phenoxy) is 3. The molecule has 0 spiro atoms. The summed E-state index contributed by atoms with van der Waals surface area (Å²) in [5.41, 5.74) is 0.812. The van der Waals surface area contributed by atoms with Gasteiger partial charge >= 0.3 is 5.97 Å². The lowest BCUT2D eigenvalue weighted by Crippen LogP contribution is -2.04. The van der Waals surface area contributed by atoms with Crippen molar-refractivity contribution in [1.82, 2.24) is 0 Å². The number of para-hydroxylation sites is 1. The molecular formula is C21H23ClO4. The summed E-state index contributed by atoms with van der Waals surface area (Å²) in [4.78, 5) is 12.0. The maximum absolute atomic E-state index is 12.0. The Balaban J connectivity index is 2.05. The summed E-state index contributed by atoms with van der Waals surface area (Å²) in [7, 11) is 0. The molecule has 0 saturated heterocycles. The van der Waals surface area contributed by atoms with Crippen molar-refractivity contribution in [3.63, 3.8) is 0 Å². The largest absolute Gasteiger partial charge is 0.490 e. The highest BCUT2D eigenvalue weighted by Gasteiger charge is 2.07. The fourth-order valence-electron chi connectivity index (χ4n) is 2.18. The van der Waals surface area contributed by atoms with Crippen LogP contribution in [0.2, 0.25) is 5.02 Å². The second-order valence-corrected chi connectivity index (χ2v) is 5.93. The van der Waals surface area contributed by atoms with Gasteiger partial charge in [0.15, 0.2) is 11.5 Å². The highest BCUT2D eigenvalue weighted by atomic mass is 35.5. The number of hydrogen-bond acceptors (Lipinski definition) is 4. The summed E-state index contributed by atoms with van der Waals surface area (Å²) in [6.45, 7) is 5.21. The molecule has 2 aromatic rings. The molecule has 5 heteroatoms. The van der Waals surface area contributed by atoms with Gasteiger partial charge in [0.2, 0.25) is 0 Å². The van der Waals surface area contributed by atoms with E-state index in [4.69, 9.17) is 25.8 Å². The molecule has 0 atom stereocenters. The van der Waals surface area contributed by atoms with Crippen LogP contribution in [0.3, 0.4) is 0 Å². The Morgan fingerprint density at radius 1 is 1.04 bits per heavy atom. The first-order valence-electron chi connectivity index (χ1n) is 8.68. The number of carbonyl (C=O) groups is 1. The Morgan fingerprint density at radius 2 is 1.85 bits per heavy atom. The Kier molecular flexibility index (Phi) is 8.03. The topological polar surface area (TPSA) is 44.8 Å². The highest BCUT2D eigenvalue weighted by Crippen LogP contribution is 2.29. The van der Waals surface area contributed by atoms with Gasteiger partial charge in [0, 0.05) is 6.08 Å². The SMILES string of the molecule is CCCCOc1ccc(/C=C/C(=O)Oc2ccccc2Cl)cc1OCC. The third-order valence-corrected chi connectivity index (χ3v) is 3.79. The lowest BCUT2D eigenvalue weighted by Gasteiger charge is -2.12. The predicted octanol–water partition coefficient (Wildman–Crippen LogP) is 5.54. The molecule has 0 unspecified atom stereocenters. The fourth-order valence-corrected chi connectivity index (χ4v) is 2.35. The fraction of sp³-hybridized carbons (Fsp3) is 0.286. The standard InChI is InChI=1S/C21H23ClO4/c1-3-5-14-25-19-12-10-16(15-20(19)24-4-2)11-13-21(23)26-18-9-7-6-8-17(18)22/h6-13,15H,3-5,14H2,1-2H3/b13-11+. The second kappa shape index (κ2) is 10.5. The van der Waals surface area contributed by atoms with Crippen LogP contribution in [-0.2, 0) is 4.79 Å². The van der Waals surface area contributed by atoms with Gasteiger partial charge in [0.25, 0.3) is 0 Å². The molecule has 2 aromatic carbocycles. The molecule has 0 aliphatic heterocycles. The molecule has 4 nitrogen and oxygen atoms in total. The molecule has 138 valence electrons. The van der Waals surface area contributed by atoms with Crippen LogP contribution in [0.1, 0.15) is 32.3 Å². The summed E-state index contributed by atoms with van der Waals surface area (Å²) >= 11 is 5.98. The molecule has 2 rings (SSSR count). The summed E-state index contributed by atoms with van der Waals surface area (Å²) in [6.07, 6.45) is 5.07. The Hall–Kier alpha value is -2.46. The Labute approximate surface area is 159 Å². The van der Waals surface area contributed by atoms with Crippen LogP contribution in [-0.4, -0.2) is 19.2 Å². The Bertz CT molecular complexity index is 755. The number of esters is 1. The zero-order valence-electron chi connectivity index (χ0n) is 15.0. The number of unbranched alkanes of at least 4 members (excludes halogenated alkanes) is 1. The number of halogens is 1. The smallest absolute Gasteiger partial charge is 0.336 e. The van der Waals surface area contributed by atoms with Gasteiger partial charge in [-0.3, -0.25) is 0 Å². The van der Waals surface area contributed by atoms with Crippen LogP contribution < -0.4 is 14.2 Å². The van der Waals surface area contributed by atoms with Crippen molar-refractivity contribution in [3.8, 4) is 17.2 Å². The lowest BCUT2D eigenvalue weighted by atomic mass is 10.2. The quantitative estimate of drug-likeness (QED) is 0.250. The van der Waals surface area contributed by atoms with E-state index in [9.17, 15) is 4.79 Å². The van der Waals surface area contributed by atoms with E-state index in [1.54, 1.807) is 30.3 Å². The molecular weight excluding hydrogens is 352 g/mol. The number of benzene rings is 2. The van der Waals surface area contributed by atoms with Crippen molar-refractivity contribution < 1.29 is 19.0 Å². The molecule has 0 bridgehead atoms. The van der Waals surface area contributed by atoms with Gasteiger partial charge in [-0.25, -0.2) is 4.79 Å². The van der Waals surface area contributed by atoms with Crippen LogP contribution in [0, 0.1) is 0 Å². The van der Waals surface area contributed by atoms with Gasteiger partial charge in [-0.2, -0.15) is 0 Å². The van der Waals surface area contributed by atoms with E-state index in [2.05, 4.69) is 6.92 Å². The summed E-state index contributed by atoms with van der Waals surface area (Å²) < 4.78 is 16.6. The van der Waals surface area contributed by atoms with Crippen molar-refractivity contribution in [2.75, 3.05) is 13.2 Å². The molecule has 0 fully saturated rings. The van der Waals surface area contributed by atoms with Crippen molar-refractivity contribution in [3.05, 3.63) is 59.1 Å². The van der Waals surface area contributed by atoms with E-state index in [1.165, 1.54) is 6.08 Å². The molecule has 0 saturated carbocycles. The molecule has 0 aliphatic rings. The van der Waals surface area contributed by atoms with Crippen LogP contribution in [0.25, 0.3) is 6.08 Å². The highest BCUT2D eigenvalue weighted by molar-refractivity contribution is 6.32. The molecule has 0 heterocycles. The average Bonchev–Trinajstić information content (AvgIpc) is 2.64. The third-order valence-electron chi connectivity index (χ3n) is 3.48. The van der Waals surface area contributed by atoms with Crippen molar-refractivity contribution >= 4 is 23.6 Å². The van der Waals surface area contributed by atoms with E-state index >= 15 is 0 Å². The van der Waals surface area contributed by atoms with E-state index in [-0.39, 0.29) is 0 Å². The lowest BCUT2D eigenvalue weighted by molar-refractivity contribution is -0.128. The maximum Gasteiger partial charge on any atom is 0.336 e. The van der Waals surface area contributed by atoms with E-state index in [0.717, 1.165) is 18.4 Å². The molecule has 0 aliphatic carbocycles. The minimum atomic E-state index is -0.501. The van der Waals surface area contributed by atoms with E-state index in [0.29, 0.717) is 35.5 Å². The minimum absolute atomic E-state index is 0.332. The molecule has 0 amide bonds. The van der Waals surface area contributed by atoms with Crippen molar-refractivity contribution in [2.24, 2.45) is 0 Å². The van der Waals surface area contributed by atoms with Crippen LogP contribution >= 0.6 is 11.6 Å². The van der Waals surface area contributed by atoms with Gasteiger partial charge in [0.05, 0.1) is 18.2 Å². The van der Waals surface area contributed by atoms with Gasteiger partial charge in [0.1, 0.15) is 5.75 Å². The summed E-state index contributed by atoms with van der Waals surface area (Å²) in [5, 5.41) is 0.390.